The average Bonchev–Trinajstić information content (AvgIpc) is 2.55. The summed E-state index contributed by atoms with van der Waals surface area (Å²) in [5, 5.41) is 0. The third-order valence-corrected chi connectivity index (χ3v) is 2.90. The van der Waals surface area contributed by atoms with E-state index in [2.05, 4.69) is 18.8 Å². The molecule has 0 saturated heterocycles. The van der Waals surface area contributed by atoms with Gasteiger partial charge < -0.3 is 9.47 Å². The molecular weight excluding hydrogens is 276 g/mol. The van der Waals surface area contributed by atoms with E-state index in [0.717, 1.165) is 31.2 Å². The molecule has 1 rings (SSSR count). The maximum Gasteiger partial charge on any atom is 0.384 e. The van der Waals surface area contributed by atoms with Gasteiger partial charge in [0.05, 0.1) is 13.2 Å². The largest absolute Gasteiger partial charge is 0.452 e. The SMILES string of the molecule is CCCCCC#CC(=O)OC/C=C/COCc1ccccc1. The molecule has 1 aromatic rings. The van der Waals surface area contributed by atoms with E-state index in [9.17, 15) is 4.79 Å². The Bertz CT molecular complexity index is 494. The normalized spacial score (nSPS) is 10.2. The van der Waals surface area contributed by atoms with Gasteiger partial charge >= 0.3 is 5.97 Å². The van der Waals surface area contributed by atoms with Crippen LogP contribution in [-0.2, 0) is 20.9 Å². The first-order valence-electron chi connectivity index (χ1n) is 7.75. The maximum atomic E-state index is 11.3. The van der Waals surface area contributed by atoms with Gasteiger partial charge in [-0.1, -0.05) is 62.1 Å². The quantitative estimate of drug-likeness (QED) is 0.228. The van der Waals surface area contributed by atoms with Gasteiger partial charge in [-0.3, -0.25) is 0 Å². The molecule has 1 aromatic carbocycles. The summed E-state index contributed by atoms with van der Waals surface area (Å²) < 4.78 is 10.4. The number of unbranched alkanes of at least 4 members (excludes halogenated alkanes) is 3. The molecular formula is C19H24O3. The van der Waals surface area contributed by atoms with Crippen LogP contribution in [-0.4, -0.2) is 19.2 Å². The highest BCUT2D eigenvalue weighted by molar-refractivity contribution is 5.88. The molecule has 0 unspecified atom stereocenters. The second kappa shape index (κ2) is 12.7. The van der Waals surface area contributed by atoms with E-state index in [1.54, 1.807) is 6.08 Å². The van der Waals surface area contributed by atoms with E-state index in [1.165, 1.54) is 0 Å². The molecule has 0 fully saturated rings. The summed E-state index contributed by atoms with van der Waals surface area (Å²) in [5.41, 5.74) is 1.14. The highest BCUT2D eigenvalue weighted by Gasteiger charge is 1.93. The van der Waals surface area contributed by atoms with Crippen molar-refractivity contribution in [3.05, 3.63) is 48.0 Å². The van der Waals surface area contributed by atoms with Gasteiger partial charge in [-0.2, -0.15) is 0 Å². The number of rotatable bonds is 9. The summed E-state index contributed by atoms with van der Waals surface area (Å²) in [4.78, 5) is 11.3. The summed E-state index contributed by atoms with van der Waals surface area (Å²) in [6, 6.07) is 9.98. The molecule has 0 saturated carbocycles. The van der Waals surface area contributed by atoms with Crippen molar-refractivity contribution < 1.29 is 14.3 Å². The molecule has 118 valence electrons. The summed E-state index contributed by atoms with van der Waals surface area (Å²) >= 11 is 0. The Morgan fingerprint density at radius 2 is 1.91 bits per heavy atom. The Morgan fingerprint density at radius 3 is 2.68 bits per heavy atom. The van der Waals surface area contributed by atoms with Gasteiger partial charge in [0.25, 0.3) is 0 Å². The molecule has 0 aliphatic rings. The number of ether oxygens (including phenoxy) is 2. The minimum absolute atomic E-state index is 0.233. The number of hydrogen-bond acceptors (Lipinski definition) is 3. The predicted molar refractivity (Wildman–Crippen MR) is 88.1 cm³/mol. The first kappa shape index (κ1) is 18.0. The van der Waals surface area contributed by atoms with Crippen LogP contribution in [0.4, 0.5) is 0 Å². The lowest BCUT2D eigenvalue weighted by Crippen LogP contribution is -2.01. The number of carbonyl (C=O) groups excluding carboxylic acids is 1. The van der Waals surface area contributed by atoms with E-state index >= 15 is 0 Å². The van der Waals surface area contributed by atoms with Crippen LogP contribution in [0.3, 0.4) is 0 Å². The van der Waals surface area contributed by atoms with Gasteiger partial charge in [-0.05, 0) is 18.1 Å². The monoisotopic (exact) mass is 300 g/mol. The van der Waals surface area contributed by atoms with Crippen molar-refractivity contribution in [3.8, 4) is 11.8 Å². The van der Waals surface area contributed by atoms with Crippen molar-refractivity contribution in [2.75, 3.05) is 13.2 Å². The van der Waals surface area contributed by atoms with Crippen LogP contribution in [0.2, 0.25) is 0 Å². The number of esters is 1. The zero-order valence-corrected chi connectivity index (χ0v) is 13.2. The molecule has 3 nitrogen and oxygen atoms in total. The third kappa shape index (κ3) is 9.79. The van der Waals surface area contributed by atoms with Crippen molar-refractivity contribution in [2.24, 2.45) is 0 Å². The second-order valence-corrected chi connectivity index (χ2v) is 4.83. The van der Waals surface area contributed by atoms with Crippen LogP contribution < -0.4 is 0 Å². The standard InChI is InChI=1S/C19H24O3/c1-2-3-4-5-9-14-19(20)22-16-11-10-15-21-17-18-12-7-6-8-13-18/h6-8,10-13H,2-5,15-17H2,1H3/b11-10+. The lowest BCUT2D eigenvalue weighted by Gasteiger charge is -2.00. The second-order valence-electron chi connectivity index (χ2n) is 4.83. The molecule has 0 heterocycles. The highest BCUT2D eigenvalue weighted by atomic mass is 16.5. The van der Waals surface area contributed by atoms with Gasteiger partial charge in [-0.25, -0.2) is 4.79 Å². The van der Waals surface area contributed by atoms with Crippen molar-refractivity contribution in [3.63, 3.8) is 0 Å². The van der Waals surface area contributed by atoms with Crippen molar-refractivity contribution in [1.82, 2.24) is 0 Å². The minimum atomic E-state index is -0.466. The van der Waals surface area contributed by atoms with Gasteiger partial charge in [0.15, 0.2) is 0 Å². The summed E-state index contributed by atoms with van der Waals surface area (Å²) in [7, 11) is 0. The molecule has 0 aliphatic carbocycles. The fraction of sp³-hybridized carbons (Fsp3) is 0.421. The Labute approximate surface area is 133 Å². The van der Waals surface area contributed by atoms with E-state index in [0.29, 0.717) is 13.2 Å². The first-order chi connectivity index (χ1) is 10.8. The molecule has 0 aromatic heterocycles. The first-order valence-corrected chi connectivity index (χ1v) is 7.75. The fourth-order valence-corrected chi connectivity index (χ4v) is 1.71. The molecule has 0 radical (unpaired) electrons. The maximum absolute atomic E-state index is 11.3. The summed E-state index contributed by atoms with van der Waals surface area (Å²) in [6.07, 6.45) is 7.70. The van der Waals surface area contributed by atoms with Crippen LogP contribution in [0.25, 0.3) is 0 Å². The van der Waals surface area contributed by atoms with Gasteiger partial charge in [0.2, 0.25) is 0 Å². The molecule has 3 heteroatoms. The Balaban J connectivity index is 2.02. The molecule has 0 atom stereocenters. The topological polar surface area (TPSA) is 35.5 Å². The van der Waals surface area contributed by atoms with Crippen LogP contribution in [0, 0.1) is 11.8 Å². The Hall–Kier alpha value is -2.05. The van der Waals surface area contributed by atoms with Gasteiger partial charge in [-0.15, -0.1) is 0 Å². The number of hydrogen-bond donors (Lipinski definition) is 0. The lowest BCUT2D eigenvalue weighted by atomic mass is 10.2. The summed E-state index contributed by atoms with van der Waals surface area (Å²) in [5.74, 6) is 4.85. The molecule has 0 amide bonds. The van der Waals surface area contributed by atoms with Crippen LogP contribution in [0.5, 0.6) is 0 Å². The van der Waals surface area contributed by atoms with Gasteiger partial charge in [0, 0.05) is 12.3 Å². The molecule has 0 spiro atoms. The molecule has 0 N–H and O–H groups in total. The van der Waals surface area contributed by atoms with Crippen molar-refractivity contribution >= 4 is 5.97 Å². The lowest BCUT2D eigenvalue weighted by molar-refractivity contribution is -0.135. The average molecular weight is 300 g/mol. The Morgan fingerprint density at radius 1 is 1.14 bits per heavy atom. The fourth-order valence-electron chi connectivity index (χ4n) is 1.71. The van der Waals surface area contributed by atoms with E-state index in [-0.39, 0.29) is 6.61 Å². The molecule has 0 aliphatic heterocycles. The van der Waals surface area contributed by atoms with E-state index in [1.807, 2.05) is 36.4 Å². The zero-order valence-electron chi connectivity index (χ0n) is 13.2. The predicted octanol–water partition coefficient (Wildman–Crippen LogP) is 3.89. The molecule has 22 heavy (non-hydrogen) atoms. The molecule has 0 bridgehead atoms. The highest BCUT2D eigenvalue weighted by Crippen LogP contribution is 2.00. The van der Waals surface area contributed by atoms with Crippen LogP contribution in [0.15, 0.2) is 42.5 Å². The number of carbonyl (C=O) groups is 1. The minimum Gasteiger partial charge on any atom is -0.452 e. The van der Waals surface area contributed by atoms with Gasteiger partial charge in [0.1, 0.15) is 6.61 Å². The van der Waals surface area contributed by atoms with E-state index < -0.39 is 5.97 Å². The summed E-state index contributed by atoms with van der Waals surface area (Å²) in [6.45, 7) is 3.44. The van der Waals surface area contributed by atoms with E-state index in [4.69, 9.17) is 9.47 Å². The Kier molecular flexibility index (Phi) is 10.4. The van der Waals surface area contributed by atoms with Crippen LogP contribution in [0.1, 0.15) is 38.2 Å². The number of benzene rings is 1. The smallest absolute Gasteiger partial charge is 0.384 e. The van der Waals surface area contributed by atoms with Crippen LogP contribution >= 0.6 is 0 Å². The third-order valence-electron chi connectivity index (χ3n) is 2.90. The van der Waals surface area contributed by atoms with Crippen molar-refractivity contribution in [2.45, 2.75) is 39.2 Å². The van der Waals surface area contributed by atoms with Crippen molar-refractivity contribution in [1.29, 1.82) is 0 Å². The zero-order chi connectivity index (χ0) is 15.9.